The Hall–Kier alpha value is -2.44. The van der Waals surface area contributed by atoms with Gasteiger partial charge in [-0.05, 0) is 23.8 Å². The maximum atomic E-state index is 12.0. The summed E-state index contributed by atoms with van der Waals surface area (Å²) in [5.41, 5.74) is 6.84. The normalized spacial score (nSPS) is 9.57. The van der Waals surface area contributed by atoms with Gasteiger partial charge in [0, 0.05) is 18.2 Å². The largest absolute Gasteiger partial charge is 0.326 e. The van der Waals surface area contributed by atoms with Crippen molar-refractivity contribution in [2.24, 2.45) is 5.73 Å². The Morgan fingerprint density at radius 3 is 2.33 bits per heavy atom. The minimum Gasteiger partial charge on any atom is -0.326 e. The van der Waals surface area contributed by atoms with Crippen LogP contribution < -0.4 is 11.1 Å². The van der Waals surface area contributed by atoms with Gasteiger partial charge in [0.1, 0.15) is 5.69 Å². The minimum atomic E-state index is -0.535. The van der Waals surface area contributed by atoms with Gasteiger partial charge in [-0.25, -0.2) is 0 Å². The lowest BCUT2D eigenvalue weighted by Crippen LogP contribution is -2.13. The third-order valence-electron chi connectivity index (χ3n) is 2.80. The molecule has 0 aliphatic heterocycles. The Balaban J connectivity index is 0.00000220. The number of rotatable bonds is 4. The molecular weight excluding hydrogens is 294 g/mol. The third-order valence-corrected chi connectivity index (χ3v) is 2.80. The maximum Gasteiger partial charge on any atom is 0.292 e. The molecule has 6 nitrogen and oxygen atoms in total. The fourth-order valence-electron chi connectivity index (χ4n) is 1.73. The lowest BCUT2D eigenvalue weighted by Gasteiger charge is -2.06. The Morgan fingerprint density at radius 2 is 1.76 bits per heavy atom. The zero-order valence-electron chi connectivity index (χ0n) is 11.0. The summed E-state index contributed by atoms with van der Waals surface area (Å²) in [7, 11) is 0. The number of carbonyl (C=O) groups is 1. The van der Waals surface area contributed by atoms with Gasteiger partial charge < -0.3 is 11.1 Å². The fourth-order valence-corrected chi connectivity index (χ4v) is 1.73. The van der Waals surface area contributed by atoms with Gasteiger partial charge in [0.05, 0.1) is 4.92 Å². The molecule has 0 aliphatic carbocycles. The lowest BCUT2D eigenvalue weighted by molar-refractivity contribution is -0.383. The molecule has 0 bridgehead atoms. The van der Waals surface area contributed by atoms with E-state index < -0.39 is 10.8 Å². The molecule has 0 saturated heterocycles. The van der Waals surface area contributed by atoms with Crippen LogP contribution in [0.3, 0.4) is 0 Å². The van der Waals surface area contributed by atoms with Crippen molar-refractivity contribution >= 4 is 29.7 Å². The van der Waals surface area contributed by atoms with Gasteiger partial charge in [-0.2, -0.15) is 0 Å². The van der Waals surface area contributed by atoms with Crippen molar-refractivity contribution in [1.82, 2.24) is 0 Å². The van der Waals surface area contributed by atoms with Crippen LogP contribution in [0.5, 0.6) is 0 Å². The standard InChI is InChI=1S/C14H13N3O3.ClH/c15-9-10-5-7-11(8-6-10)14(18)16-12-3-1-2-4-13(12)17(19)20;/h1-8H,9,15H2,(H,16,18);1H. The number of nitrogens with zero attached hydrogens (tertiary/aromatic N) is 1. The summed E-state index contributed by atoms with van der Waals surface area (Å²) < 4.78 is 0. The number of nitro groups is 1. The van der Waals surface area contributed by atoms with E-state index in [1.807, 2.05) is 0 Å². The summed E-state index contributed by atoms with van der Waals surface area (Å²) in [6.07, 6.45) is 0. The second kappa shape index (κ2) is 7.37. The highest BCUT2D eigenvalue weighted by Gasteiger charge is 2.15. The molecule has 0 heterocycles. The molecule has 3 N–H and O–H groups in total. The maximum absolute atomic E-state index is 12.0. The summed E-state index contributed by atoms with van der Waals surface area (Å²) in [6, 6.07) is 12.8. The van der Waals surface area contributed by atoms with E-state index in [0.29, 0.717) is 12.1 Å². The van der Waals surface area contributed by atoms with Crippen molar-refractivity contribution in [1.29, 1.82) is 0 Å². The number of halogens is 1. The summed E-state index contributed by atoms with van der Waals surface area (Å²) in [6.45, 7) is 0.395. The van der Waals surface area contributed by atoms with Crippen LogP contribution >= 0.6 is 12.4 Å². The predicted octanol–water partition coefficient (Wildman–Crippen LogP) is 2.73. The molecule has 0 aliphatic rings. The molecule has 21 heavy (non-hydrogen) atoms. The molecule has 0 aromatic heterocycles. The van der Waals surface area contributed by atoms with Crippen LogP contribution in [0.1, 0.15) is 15.9 Å². The second-order valence-corrected chi connectivity index (χ2v) is 4.13. The first kappa shape index (κ1) is 16.6. The fraction of sp³-hybridized carbons (Fsp3) is 0.0714. The van der Waals surface area contributed by atoms with E-state index in [1.54, 1.807) is 36.4 Å². The van der Waals surface area contributed by atoms with Crippen LogP contribution in [0.15, 0.2) is 48.5 Å². The molecule has 1 amide bonds. The monoisotopic (exact) mass is 307 g/mol. The van der Waals surface area contributed by atoms with E-state index in [-0.39, 0.29) is 23.8 Å². The van der Waals surface area contributed by atoms with Crippen LogP contribution in [0.25, 0.3) is 0 Å². The van der Waals surface area contributed by atoms with Crippen molar-refractivity contribution < 1.29 is 9.72 Å². The topological polar surface area (TPSA) is 98.3 Å². The van der Waals surface area contributed by atoms with Gasteiger partial charge in [0.25, 0.3) is 11.6 Å². The van der Waals surface area contributed by atoms with Crippen LogP contribution in [-0.2, 0) is 6.54 Å². The highest BCUT2D eigenvalue weighted by atomic mass is 35.5. The molecule has 0 radical (unpaired) electrons. The van der Waals surface area contributed by atoms with Crippen molar-refractivity contribution in [2.75, 3.05) is 5.32 Å². The molecule has 2 aromatic carbocycles. The zero-order chi connectivity index (χ0) is 14.5. The zero-order valence-corrected chi connectivity index (χ0v) is 11.8. The first-order valence-electron chi connectivity index (χ1n) is 5.95. The van der Waals surface area contributed by atoms with Gasteiger partial charge in [0.15, 0.2) is 0 Å². The average molecular weight is 308 g/mol. The van der Waals surface area contributed by atoms with Crippen LogP contribution in [0.2, 0.25) is 0 Å². The number of carbonyl (C=O) groups excluding carboxylic acids is 1. The molecule has 0 fully saturated rings. The van der Waals surface area contributed by atoms with Crippen molar-refractivity contribution in [3.05, 3.63) is 69.8 Å². The molecule has 2 aromatic rings. The van der Waals surface area contributed by atoms with Gasteiger partial charge in [0.2, 0.25) is 0 Å². The number of anilines is 1. The summed E-state index contributed by atoms with van der Waals surface area (Å²) in [4.78, 5) is 22.4. The third kappa shape index (κ3) is 4.01. The smallest absolute Gasteiger partial charge is 0.292 e. The lowest BCUT2D eigenvalue weighted by atomic mass is 10.1. The summed E-state index contributed by atoms with van der Waals surface area (Å²) in [5.74, 6) is -0.400. The predicted molar refractivity (Wildman–Crippen MR) is 82.6 cm³/mol. The van der Waals surface area contributed by atoms with Crippen molar-refractivity contribution in [3.63, 3.8) is 0 Å². The van der Waals surface area contributed by atoms with Crippen LogP contribution in [-0.4, -0.2) is 10.8 Å². The van der Waals surface area contributed by atoms with Gasteiger partial charge in [-0.1, -0.05) is 24.3 Å². The molecule has 0 spiro atoms. The number of benzene rings is 2. The van der Waals surface area contributed by atoms with Gasteiger partial charge >= 0.3 is 0 Å². The van der Waals surface area contributed by atoms with E-state index in [1.165, 1.54) is 12.1 Å². The van der Waals surface area contributed by atoms with Crippen molar-refractivity contribution in [3.8, 4) is 0 Å². The molecule has 0 saturated carbocycles. The first-order valence-corrected chi connectivity index (χ1v) is 5.95. The number of nitrogens with one attached hydrogen (secondary N) is 1. The average Bonchev–Trinajstić information content (AvgIpc) is 2.47. The Labute approximate surface area is 127 Å². The quantitative estimate of drug-likeness (QED) is 0.670. The molecule has 0 unspecified atom stereocenters. The minimum absolute atomic E-state index is 0. The summed E-state index contributed by atoms with van der Waals surface area (Å²) >= 11 is 0. The number of hydrogen-bond acceptors (Lipinski definition) is 4. The number of para-hydroxylation sites is 2. The Morgan fingerprint density at radius 1 is 1.14 bits per heavy atom. The molecule has 110 valence electrons. The molecule has 2 rings (SSSR count). The SMILES string of the molecule is Cl.NCc1ccc(C(=O)Nc2ccccc2[N+](=O)[O-])cc1. The van der Waals surface area contributed by atoms with Crippen LogP contribution in [0.4, 0.5) is 11.4 Å². The van der Waals surface area contributed by atoms with Crippen molar-refractivity contribution in [2.45, 2.75) is 6.54 Å². The van der Waals surface area contributed by atoms with Gasteiger partial charge in [-0.15, -0.1) is 12.4 Å². The van der Waals surface area contributed by atoms with E-state index in [9.17, 15) is 14.9 Å². The number of nitrogens with two attached hydrogens (primary N) is 1. The van der Waals surface area contributed by atoms with E-state index in [0.717, 1.165) is 5.56 Å². The highest BCUT2D eigenvalue weighted by molar-refractivity contribution is 6.05. The van der Waals surface area contributed by atoms with Crippen LogP contribution in [0, 0.1) is 10.1 Å². The Kier molecular flexibility index (Phi) is 5.83. The molecular formula is C14H14ClN3O3. The number of amides is 1. The molecule has 0 atom stereocenters. The van der Waals surface area contributed by atoms with E-state index >= 15 is 0 Å². The van der Waals surface area contributed by atoms with Gasteiger partial charge in [-0.3, -0.25) is 14.9 Å². The Bertz CT molecular complexity index is 644. The van der Waals surface area contributed by atoms with E-state index in [2.05, 4.69) is 5.32 Å². The summed E-state index contributed by atoms with van der Waals surface area (Å²) in [5, 5.41) is 13.4. The first-order chi connectivity index (χ1) is 9.61. The highest BCUT2D eigenvalue weighted by Crippen LogP contribution is 2.23. The van der Waals surface area contributed by atoms with E-state index in [4.69, 9.17) is 5.73 Å². The number of nitro benzene ring substituents is 1. The second-order valence-electron chi connectivity index (χ2n) is 4.13. The molecule has 7 heteroatoms. The number of hydrogen-bond donors (Lipinski definition) is 2.